The monoisotopic (exact) mass is 463 g/mol. The molecule has 0 aliphatic rings. The zero-order chi connectivity index (χ0) is 23.6. The Bertz CT molecular complexity index is 1500. The van der Waals surface area contributed by atoms with Gasteiger partial charge in [0.2, 0.25) is 0 Å². The van der Waals surface area contributed by atoms with Crippen molar-refractivity contribution in [3.05, 3.63) is 72.8 Å². The van der Waals surface area contributed by atoms with Crippen molar-refractivity contribution in [3.63, 3.8) is 0 Å². The molecule has 4 rings (SSSR count). The molecule has 33 heavy (non-hydrogen) atoms. The minimum atomic E-state index is -4.50. The van der Waals surface area contributed by atoms with Crippen LogP contribution in [0, 0.1) is 0 Å². The third-order valence-electron chi connectivity index (χ3n) is 4.62. The van der Waals surface area contributed by atoms with Crippen LogP contribution in [0.3, 0.4) is 0 Å². The molecule has 4 aromatic carbocycles. The Morgan fingerprint density at radius 3 is 1.76 bits per heavy atom. The fourth-order valence-electron chi connectivity index (χ4n) is 3.00. The largest absolute Gasteiger partial charge is 0.508 e. The zero-order valence-corrected chi connectivity index (χ0v) is 17.7. The lowest BCUT2D eigenvalue weighted by Crippen LogP contribution is -1.98. The summed E-state index contributed by atoms with van der Waals surface area (Å²) in [6.45, 7) is 0. The molecule has 0 saturated heterocycles. The lowest BCUT2D eigenvalue weighted by Gasteiger charge is -2.08. The van der Waals surface area contributed by atoms with Gasteiger partial charge in [-0.1, -0.05) is 6.07 Å². The van der Waals surface area contributed by atoms with Crippen molar-refractivity contribution in [3.8, 4) is 11.5 Å². The van der Waals surface area contributed by atoms with Gasteiger partial charge < -0.3 is 15.9 Å². The minimum absolute atomic E-state index is 0.141. The van der Waals surface area contributed by atoms with Gasteiger partial charge >= 0.3 is 0 Å². The fourth-order valence-corrected chi connectivity index (χ4v) is 3.54. The predicted molar refractivity (Wildman–Crippen MR) is 123 cm³/mol. The second-order valence-corrected chi connectivity index (χ2v) is 8.37. The van der Waals surface area contributed by atoms with Gasteiger partial charge in [0.05, 0.1) is 33.0 Å². The number of anilines is 1. The van der Waals surface area contributed by atoms with E-state index in [4.69, 9.17) is 5.73 Å². The van der Waals surface area contributed by atoms with Crippen LogP contribution in [0.15, 0.2) is 98.1 Å². The summed E-state index contributed by atoms with van der Waals surface area (Å²) in [5.74, 6) is -0.269. The number of azo groups is 2. The van der Waals surface area contributed by atoms with Crippen molar-refractivity contribution >= 4 is 49.3 Å². The Morgan fingerprint density at radius 1 is 0.697 bits per heavy atom. The molecule has 0 aliphatic heterocycles. The van der Waals surface area contributed by atoms with E-state index in [9.17, 15) is 23.2 Å². The van der Waals surface area contributed by atoms with E-state index >= 15 is 0 Å². The summed E-state index contributed by atoms with van der Waals surface area (Å²) < 4.78 is 32.1. The van der Waals surface area contributed by atoms with Gasteiger partial charge in [-0.25, -0.2) is 0 Å². The quantitative estimate of drug-likeness (QED) is 0.163. The lowest BCUT2D eigenvalue weighted by molar-refractivity contribution is 0.471. The number of phenols is 2. The van der Waals surface area contributed by atoms with E-state index in [-0.39, 0.29) is 22.5 Å². The number of nitrogens with two attached hydrogens (primary N) is 1. The Labute approximate surface area is 188 Å². The van der Waals surface area contributed by atoms with Crippen LogP contribution in [0.4, 0.5) is 28.4 Å². The third-order valence-corrected chi connectivity index (χ3v) is 5.45. The first-order valence-corrected chi connectivity index (χ1v) is 10.9. The smallest absolute Gasteiger partial charge is 0.294 e. The van der Waals surface area contributed by atoms with E-state index in [2.05, 4.69) is 20.5 Å². The Hall–Kier alpha value is -4.35. The van der Waals surface area contributed by atoms with E-state index in [1.54, 1.807) is 36.4 Å². The van der Waals surface area contributed by atoms with Crippen molar-refractivity contribution in [2.24, 2.45) is 20.5 Å². The molecule has 11 heteroatoms. The number of hydrogen-bond donors (Lipinski definition) is 4. The van der Waals surface area contributed by atoms with Crippen molar-refractivity contribution in [2.75, 3.05) is 5.73 Å². The molecule has 5 N–H and O–H groups in total. The Morgan fingerprint density at radius 2 is 1.21 bits per heavy atom. The molecule has 0 amide bonds. The number of phenolic OH excluding ortho intramolecular Hbond substituents is 2. The van der Waals surface area contributed by atoms with Crippen molar-refractivity contribution in [1.82, 2.24) is 0 Å². The van der Waals surface area contributed by atoms with Crippen LogP contribution in [0.1, 0.15) is 0 Å². The number of nitrogen functional groups attached to an aromatic ring is 1. The first-order valence-electron chi connectivity index (χ1n) is 9.46. The summed E-state index contributed by atoms with van der Waals surface area (Å²) in [5.41, 5.74) is 8.01. The molecule has 0 spiro atoms. The molecule has 0 saturated carbocycles. The maximum Gasteiger partial charge on any atom is 0.294 e. The molecule has 0 heterocycles. The van der Waals surface area contributed by atoms with Crippen molar-refractivity contribution in [2.45, 2.75) is 4.90 Å². The highest BCUT2D eigenvalue weighted by Gasteiger charge is 2.16. The van der Waals surface area contributed by atoms with Gasteiger partial charge in [0.25, 0.3) is 10.1 Å². The highest BCUT2D eigenvalue weighted by Crippen LogP contribution is 2.40. The molecule has 166 valence electrons. The summed E-state index contributed by atoms with van der Waals surface area (Å²) in [4.78, 5) is -0.447. The fraction of sp³-hybridized carbons (Fsp3) is 0. The maximum absolute atomic E-state index is 11.4. The summed E-state index contributed by atoms with van der Waals surface area (Å²) in [6.07, 6.45) is 0. The molecule has 0 aliphatic carbocycles. The van der Waals surface area contributed by atoms with Crippen LogP contribution in [0.5, 0.6) is 11.5 Å². The molecular formula is C22H17N5O5S. The second-order valence-electron chi connectivity index (χ2n) is 6.95. The maximum atomic E-state index is 11.4. The summed E-state index contributed by atoms with van der Waals surface area (Å²) in [7, 11) is -4.50. The molecule has 10 nitrogen and oxygen atoms in total. The first-order chi connectivity index (χ1) is 15.7. The average Bonchev–Trinajstić information content (AvgIpc) is 2.78. The molecule has 0 aromatic heterocycles. The highest BCUT2D eigenvalue weighted by molar-refractivity contribution is 7.85. The molecule has 0 radical (unpaired) electrons. The normalized spacial score (nSPS) is 12.2. The van der Waals surface area contributed by atoms with E-state index < -0.39 is 20.8 Å². The molecule has 0 unspecified atom stereocenters. The number of benzene rings is 4. The van der Waals surface area contributed by atoms with E-state index in [0.717, 1.165) is 6.07 Å². The standard InChI is InChI=1S/C22H17N5O5S/c23-19-10-1-13-11-18(33(30,31)32)12-20(29)21(13)22(19)27-26-15-4-2-14(3-5-15)24-25-16-6-8-17(28)9-7-16/h1-12,28-29H,23H2,(H,30,31,32). The number of rotatable bonds is 5. The molecule has 0 bridgehead atoms. The predicted octanol–water partition coefficient (Wildman–Crippen LogP) is 5.91. The molecule has 4 aromatic rings. The SMILES string of the molecule is Nc1ccc2cc(S(=O)(=O)O)cc(O)c2c1N=Nc1ccc(N=Nc2ccc(O)cc2)cc1. The molecule has 0 fully saturated rings. The average molecular weight is 463 g/mol. The Kier molecular flexibility index (Phi) is 5.73. The number of fused-ring (bicyclic) bond motifs is 1. The molecule has 0 atom stereocenters. The van der Waals surface area contributed by atoms with E-state index in [0.29, 0.717) is 22.4 Å². The minimum Gasteiger partial charge on any atom is -0.508 e. The van der Waals surface area contributed by atoms with Crippen LogP contribution in [-0.4, -0.2) is 23.2 Å². The summed E-state index contributed by atoms with van der Waals surface area (Å²) in [5, 5.41) is 36.6. The Balaban J connectivity index is 1.61. The van der Waals surface area contributed by atoms with Crippen molar-refractivity contribution in [1.29, 1.82) is 0 Å². The van der Waals surface area contributed by atoms with Gasteiger partial charge in [-0.3, -0.25) is 4.55 Å². The van der Waals surface area contributed by atoms with Gasteiger partial charge in [-0.2, -0.15) is 23.8 Å². The summed E-state index contributed by atoms with van der Waals surface area (Å²) >= 11 is 0. The third kappa shape index (κ3) is 4.95. The van der Waals surface area contributed by atoms with Gasteiger partial charge in [0.15, 0.2) is 0 Å². The van der Waals surface area contributed by atoms with Crippen LogP contribution in [0.2, 0.25) is 0 Å². The highest BCUT2D eigenvalue weighted by atomic mass is 32.2. The van der Waals surface area contributed by atoms with Crippen LogP contribution in [0.25, 0.3) is 10.8 Å². The number of nitrogens with zero attached hydrogens (tertiary/aromatic N) is 4. The first kappa shape index (κ1) is 21.9. The number of hydrogen-bond acceptors (Lipinski definition) is 9. The van der Waals surface area contributed by atoms with Crippen molar-refractivity contribution < 1.29 is 23.2 Å². The van der Waals surface area contributed by atoms with Crippen LogP contribution < -0.4 is 5.73 Å². The zero-order valence-electron chi connectivity index (χ0n) is 16.9. The van der Waals surface area contributed by atoms with Crippen LogP contribution in [-0.2, 0) is 10.1 Å². The van der Waals surface area contributed by atoms with Gasteiger partial charge in [0.1, 0.15) is 17.2 Å². The van der Waals surface area contributed by atoms with E-state index in [1.165, 1.54) is 30.3 Å². The topological polar surface area (TPSA) is 170 Å². The molecular weight excluding hydrogens is 446 g/mol. The second kappa shape index (κ2) is 8.65. The van der Waals surface area contributed by atoms with E-state index in [1.807, 2.05) is 0 Å². The lowest BCUT2D eigenvalue weighted by atomic mass is 10.1. The van der Waals surface area contributed by atoms with Gasteiger partial charge in [0, 0.05) is 6.07 Å². The van der Waals surface area contributed by atoms with Gasteiger partial charge in [-0.15, -0.1) is 5.11 Å². The number of aromatic hydroxyl groups is 2. The van der Waals surface area contributed by atoms with Gasteiger partial charge in [-0.05, 0) is 66.0 Å². The summed E-state index contributed by atoms with van der Waals surface area (Å²) in [6, 6.07) is 18.1. The van der Waals surface area contributed by atoms with Crippen LogP contribution >= 0.6 is 0 Å².